The molecule has 0 bridgehead atoms. The van der Waals surface area contributed by atoms with E-state index < -0.39 is 0 Å². The van der Waals surface area contributed by atoms with Crippen molar-refractivity contribution >= 4 is 26.8 Å². The highest BCUT2D eigenvalue weighted by molar-refractivity contribution is 9.10. The molecule has 0 aromatic carbocycles. The van der Waals surface area contributed by atoms with E-state index in [9.17, 15) is 0 Å². The molecule has 2 aromatic heterocycles. The van der Waals surface area contributed by atoms with Crippen LogP contribution in [0.3, 0.4) is 0 Å². The third kappa shape index (κ3) is 2.59. The minimum atomic E-state index is 0.791. The molecule has 1 unspecified atom stereocenters. The molecule has 3 heterocycles. The van der Waals surface area contributed by atoms with Crippen molar-refractivity contribution < 1.29 is 0 Å². The lowest BCUT2D eigenvalue weighted by molar-refractivity contribution is 0.410. The molecule has 1 fully saturated rings. The van der Waals surface area contributed by atoms with Crippen molar-refractivity contribution in [1.82, 2.24) is 14.9 Å². The molecule has 0 radical (unpaired) electrons. The highest BCUT2D eigenvalue weighted by atomic mass is 79.9. The van der Waals surface area contributed by atoms with E-state index >= 15 is 0 Å². The lowest BCUT2D eigenvalue weighted by Gasteiger charge is -2.15. The van der Waals surface area contributed by atoms with Crippen LogP contribution in [0, 0.1) is 5.92 Å². The average Bonchev–Trinajstić information content (AvgIpc) is 2.59. The van der Waals surface area contributed by atoms with E-state index in [1.807, 2.05) is 6.20 Å². The Morgan fingerprint density at radius 3 is 3.28 bits per heavy atom. The Balaban J connectivity index is 1.81. The quantitative estimate of drug-likeness (QED) is 0.864. The number of nitrogens with zero attached hydrogens (tertiary/aromatic N) is 2. The first-order valence-corrected chi connectivity index (χ1v) is 7.43. The highest BCUT2D eigenvalue weighted by Crippen LogP contribution is 2.22. The average molecular weight is 308 g/mol. The Morgan fingerprint density at radius 2 is 2.33 bits per heavy atom. The van der Waals surface area contributed by atoms with Gasteiger partial charge in [0.25, 0.3) is 0 Å². The summed E-state index contributed by atoms with van der Waals surface area (Å²) >= 11 is 3.42. The van der Waals surface area contributed by atoms with Gasteiger partial charge in [-0.2, -0.15) is 0 Å². The van der Waals surface area contributed by atoms with Crippen LogP contribution in [0.1, 0.15) is 19.3 Å². The van der Waals surface area contributed by atoms with Crippen LogP contribution in [0.5, 0.6) is 0 Å². The Labute approximate surface area is 116 Å². The summed E-state index contributed by atoms with van der Waals surface area (Å²) in [4.78, 5) is 4.34. The van der Waals surface area contributed by atoms with Gasteiger partial charge < -0.3 is 9.88 Å². The van der Waals surface area contributed by atoms with Crippen LogP contribution < -0.4 is 5.32 Å². The first kappa shape index (κ1) is 12.2. The zero-order valence-corrected chi connectivity index (χ0v) is 12.0. The third-order valence-corrected chi connectivity index (χ3v) is 4.21. The molecule has 3 nitrogen and oxygen atoms in total. The molecule has 0 spiro atoms. The summed E-state index contributed by atoms with van der Waals surface area (Å²) in [7, 11) is 0. The molecule has 1 aliphatic rings. The molecule has 1 atom stereocenters. The van der Waals surface area contributed by atoms with Gasteiger partial charge >= 0.3 is 0 Å². The van der Waals surface area contributed by atoms with Crippen molar-refractivity contribution in [3.63, 3.8) is 0 Å². The third-order valence-electron chi connectivity index (χ3n) is 3.77. The number of hydrogen-bond donors (Lipinski definition) is 1. The second kappa shape index (κ2) is 5.41. The molecule has 0 saturated carbocycles. The minimum Gasteiger partial charge on any atom is -0.346 e. The monoisotopic (exact) mass is 307 g/mol. The fraction of sp³-hybridized carbons (Fsp3) is 0.500. The molecule has 96 valence electrons. The predicted molar refractivity (Wildman–Crippen MR) is 77.6 cm³/mol. The molecule has 1 N–H and O–H groups in total. The molecule has 1 aliphatic heterocycles. The van der Waals surface area contributed by atoms with Gasteiger partial charge in [0.05, 0.1) is 11.7 Å². The number of pyridine rings is 1. The second-order valence-corrected chi connectivity index (χ2v) is 5.89. The van der Waals surface area contributed by atoms with E-state index in [4.69, 9.17) is 0 Å². The van der Waals surface area contributed by atoms with Crippen LogP contribution in [-0.2, 0) is 6.54 Å². The van der Waals surface area contributed by atoms with Crippen LogP contribution >= 0.6 is 15.9 Å². The van der Waals surface area contributed by atoms with E-state index in [1.165, 1.54) is 36.7 Å². The van der Waals surface area contributed by atoms with E-state index in [0.717, 1.165) is 23.6 Å². The van der Waals surface area contributed by atoms with Gasteiger partial charge in [-0.1, -0.05) is 0 Å². The number of fused-ring (bicyclic) bond motifs is 1. The van der Waals surface area contributed by atoms with E-state index in [2.05, 4.69) is 49.1 Å². The molecule has 2 aromatic rings. The number of nitrogens with one attached hydrogen (secondary N) is 1. The fourth-order valence-corrected chi connectivity index (χ4v) is 3.12. The van der Waals surface area contributed by atoms with Crippen molar-refractivity contribution in [3.05, 3.63) is 29.1 Å². The van der Waals surface area contributed by atoms with Gasteiger partial charge in [0, 0.05) is 18.1 Å². The van der Waals surface area contributed by atoms with Crippen LogP contribution in [0.2, 0.25) is 0 Å². The van der Waals surface area contributed by atoms with Crippen molar-refractivity contribution in [1.29, 1.82) is 0 Å². The maximum atomic E-state index is 4.34. The van der Waals surface area contributed by atoms with Crippen molar-refractivity contribution in [2.75, 3.05) is 13.1 Å². The Bertz CT molecular complexity index is 527. The van der Waals surface area contributed by atoms with E-state index in [0.29, 0.717) is 0 Å². The lowest BCUT2D eigenvalue weighted by atomic mass is 10.0. The predicted octanol–water partition coefficient (Wildman–Crippen LogP) is 3.19. The van der Waals surface area contributed by atoms with Crippen LogP contribution in [0.4, 0.5) is 0 Å². The molecular weight excluding hydrogens is 290 g/mol. The van der Waals surface area contributed by atoms with Crippen molar-refractivity contribution in [2.45, 2.75) is 25.8 Å². The van der Waals surface area contributed by atoms with Gasteiger partial charge in [-0.15, -0.1) is 0 Å². The van der Waals surface area contributed by atoms with Crippen molar-refractivity contribution in [2.24, 2.45) is 5.92 Å². The van der Waals surface area contributed by atoms with Gasteiger partial charge in [0.15, 0.2) is 0 Å². The zero-order valence-electron chi connectivity index (χ0n) is 10.4. The summed E-state index contributed by atoms with van der Waals surface area (Å²) in [6, 6.07) is 4.26. The summed E-state index contributed by atoms with van der Waals surface area (Å²) < 4.78 is 3.26. The van der Waals surface area contributed by atoms with Crippen molar-refractivity contribution in [3.8, 4) is 0 Å². The number of hydrogen-bond acceptors (Lipinski definition) is 2. The normalized spacial score (nSPS) is 21.1. The molecule has 0 aliphatic carbocycles. The number of rotatable bonds is 2. The Kier molecular flexibility index (Phi) is 3.66. The SMILES string of the molecule is Brc1cc2ccn(CC3CCCNCC3)c2cn1. The van der Waals surface area contributed by atoms with Gasteiger partial charge in [-0.25, -0.2) is 4.98 Å². The Hall–Kier alpha value is -0.870. The second-order valence-electron chi connectivity index (χ2n) is 5.08. The maximum Gasteiger partial charge on any atom is 0.106 e. The summed E-state index contributed by atoms with van der Waals surface area (Å²) in [6.07, 6.45) is 8.07. The number of aromatic nitrogens is 2. The molecule has 3 rings (SSSR count). The summed E-state index contributed by atoms with van der Waals surface area (Å²) in [5.41, 5.74) is 1.25. The van der Waals surface area contributed by atoms with E-state index in [-0.39, 0.29) is 0 Å². The molecule has 4 heteroatoms. The summed E-state index contributed by atoms with van der Waals surface area (Å²) in [6.45, 7) is 3.46. The van der Waals surface area contributed by atoms with Gasteiger partial charge in [0.1, 0.15) is 4.60 Å². The molecular formula is C14H18BrN3. The van der Waals surface area contributed by atoms with Gasteiger partial charge in [0.2, 0.25) is 0 Å². The highest BCUT2D eigenvalue weighted by Gasteiger charge is 2.13. The minimum absolute atomic E-state index is 0.791. The van der Waals surface area contributed by atoms with Crippen LogP contribution in [0.15, 0.2) is 29.1 Å². The summed E-state index contributed by atoms with van der Waals surface area (Å²) in [5.74, 6) is 0.791. The smallest absolute Gasteiger partial charge is 0.106 e. The zero-order chi connectivity index (χ0) is 12.4. The van der Waals surface area contributed by atoms with E-state index in [1.54, 1.807) is 0 Å². The van der Waals surface area contributed by atoms with Gasteiger partial charge in [-0.05, 0) is 66.3 Å². The number of halogens is 1. The topological polar surface area (TPSA) is 29.9 Å². The first-order chi connectivity index (χ1) is 8.83. The van der Waals surface area contributed by atoms with Gasteiger partial charge in [-0.3, -0.25) is 0 Å². The Morgan fingerprint density at radius 1 is 1.39 bits per heavy atom. The maximum absolute atomic E-state index is 4.34. The van der Waals surface area contributed by atoms with Crippen LogP contribution in [-0.4, -0.2) is 22.6 Å². The fourth-order valence-electron chi connectivity index (χ4n) is 2.77. The first-order valence-electron chi connectivity index (χ1n) is 6.64. The lowest BCUT2D eigenvalue weighted by Crippen LogP contribution is -2.15. The largest absolute Gasteiger partial charge is 0.346 e. The van der Waals surface area contributed by atoms with Crippen LogP contribution in [0.25, 0.3) is 10.9 Å². The molecule has 0 amide bonds. The molecule has 1 saturated heterocycles. The molecule has 18 heavy (non-hydrogen) atoms. The summed E-state index contributed by atoms with van der Waals surface area (Å²) in [5, 5.41) is 4.74. The standard InChI is InChI=1S/C14H18BrN3/c15-14-8-12-4-7-18(13(12)9-17-14)10-11-2-1-5-16-6-3-11/h4,7-9,11,16H,1-3,5-6,10H2.